The van der Waals surface area contributed by atoms with Crippen molar-refractivity contribution in [2.75, 3.05) is 0 Å². The predicted molar refractivity (Wildman–Crippen MR) is 60.0 cm³/mol. The number of halogens is 3. The molecule has 0 heterocycles. The summed E-state index contributed by atoms with van der Waals surface area (Å²) in [4.78, 5) is 0. The summed E-state index contributed by atoms with van der Waals surface area (Å²) >= 11 is 0. The van der Waals surface area contributed by atoms with E-state index in [1.54, 1.807) is 19.1 Å². The van der Waals surface area contributed by atoms with Crippen molar-refractivity contribution in [2.45, 2.75) is 20.0 Å². The largest absolute Gasteiger partial charge is 0.415 e. The van der Waals surface area contributed by atoms with Crippen molar-refractivity contribution in [3.8, 4) is 0 Å². The zero-order valence-corrected chi connectivity index (χ0v) is 9.23. The van der Waals surface area contributed by atoms with E-state index < -0.39 is 11.7 Å². The number of benzene rings is 1. The van der Waals surface area contributed by atoms with Crippen molar-refractivity contribution >= 4 is 5.57 Å². The fourth-order valence-electron chi connectivity index (χ4n) is 1.24. The molecular weight excluding hydrogens is 213 g/mol. The van der Waals surface area contributed by atoms with Gasteiger partial charge in [0, 0.05) is 5.57 Å². The molecule has 1 rings (SSSR count). The molecule has 0 fully saturated rings. The van der Waals surface area contributed by atoms with E-state index in [-0.39, 0.29) is 0 Å². The van der Waals surface area contributed by atoms with E-state index in [9.17, 15) is 13.2 Å². The number of rotatable bonds is 2. The molecular formula is C13H13F3. The van der Waals surface area contributed by atoms with Crippen LogP contribution in [0.15, 0.2) is 42.5 Å². The van der Waals surface area contributed by atoms with Gasteiger partial charge in [0.25, 0.3) is 0 Å². The third-order valence-electron chi connectivity index (χ3n) is 2.26. The smallest absolute Gasteiger partial charge is 0.166 e. The maximum atomic E-state index is 12.2. The quantitative estimate of drug-likeness (QED) is 0.650. The van der Waals surface area contributed by atoms with Gasteiger partial charge in [-0.3, -0.25) is 0 Å². The fraction of sp³-hybridized carbons (Fsp3) is 0.231. The summed E-state index contributed by atoms with van der Waals surface area (Å²) in [6, 6.07) is 7.32. The summed E-state index contributed by atoms with van der Waals surface area (Å²) in [5.74, 6) is 0. The lowest BCUT2D eigenvalue weighted by Gasteiger charge is -2.08. The highest BCUT2D eigenvalue weighted by atomic mass is 19.4. The first-order chi connectivity index (χ1) is 7.30. The molecule has 1 aromatic rings. The molecule has 0 atom stereocenters. The highest BCUT2D eigenvalue weighted by molar-refractivity contribution is 5.66. The normalized spacial score (nSPS) is 12.7. The maximum absolute atomic E-state index is 12.2. The van der Waals surface area contributed by atoms with Crippen molar-refractivity contribution in [1.82, 2.24) is 0 Å². The number of hydrogen-bond donors (Lipinski definition) is 0. The molecule has 0 N–H and O–H groups in total. The predicted octanol–water partition coefficient (Wildman–Crippen LogP) is 4.52. The summed E-state index contributed by atoms with van der Waals surface area (Å²) in [7, 11) is 0. The Bertz CT molecular complexity index is 408. The maximum Gasteiger partial charge on any atom is 0.415 e. The Balaban J connectivity index is 2.94. The molecule has 0 aliphatic heterocycles. The molecule has 0 saturated heterocycles. The highest BCUT2D eigenvalue weighted by Gasteiger charge is 2.30. The van der Waals surface area contributed by atoms with E-state index in [1.165, 1.54) is 0 Å². The number of alkyl halides is 3. The van der Waals surface area contributed by atoms with Crippen LogP contribution in [0.1, 0.15) is 18.1 Å². The molecule has 0 amide bonds. The third-order valence-corrected chi connectivity index (χ3v) is 2.26. The van der Waals surface area contributed by atoms with E-state index in [4.69, 9.17) is 0 Å². The second-order valence-electron chi connectivity index (χ2n) is 3.72. The minimum Gasteiger partial charge on any atom is -0.166 e. The lowest BCUT2D eigenvalue weighted by atomic mass is 10.0. The first-order valence-corrected chi connectivity index (χ1v) is 4.82. The van der Waals surface area contributed by atoms with Crippen molar-refractivity contribution in [2.24, 2.45) is 0 Å². The second kappa shape index (κ2) is 4.56. The minimum absolute atomic E-state index is 0.558. The van der Waals surface area contributed by atoms with Gasteiger partial charge in [-0.2, -0.15) is 13.2 Å². The lowest BCUT2D eigenvalue weighted by Crippen LogP contribution is -2.08. The first kappa shape index (κ1) is 12.6. The number of aryl methyl sites for hydroxylation is 1. The summed E-state index contributed by atoms with van der Waals surface area (Å²) in [5, 5.41) is 0. The van der Waals surface area contributed by atoms with Crippen molar-refractivity contribution in [3.63, 3.8) is 0 Å². The molecule has 0 nitrogen and oxygen atoms in total. The standard InChI is InChI=1S/C13H13F3/c1-9-4-6-12(7-5-9)10(2)8-11(3)13(14,15)16/h4-8H,3H2,1-2H3/b10-8+. The molecule has 0 saturated carbocycles. The summed E-state index contributed by atoms with van der Waals surface area (Å²) < 4.78 is 36.7. The molecule has 3 heteroatoms. The Morgan fingerprint density at radius 3 is 2.12 bits per heavy atom. The van der Waals surface area contributed by atoms with Crippen LogP contribution in [-0.2, 0) is 0 Å². The van der Waals surface area contributed by atoms with Crippen molar-refractivity contribution in [1.29, 1.82) is 0 Å². The van der Waals surface area contributed by atoms with Crippen molar-refractivity contribution in [3.05, 3.63) is 53.6 Å². The average Bonchev–Trinajstić information content (AvgIpc) is 2.17. The molecule has 0 aliphatic rings. The molecule has 1 aromatic carbocycles. The monoisotopic (exact) mass is 226 g/mol. The Hall–Kier alpha value is -1.51. The van der Waals surface area contributed by atoms with Crippen LogP contribution in [0.3, 0.4) is 0 Å². The van der Waals surface area contributed by atoms with E-state index in [0.29, 0.717) is 5.57 Å². The van der Waals surface area contributed by atoms with Crippen LogP contribution >= 0.6 is 0 Å². The fourth-order valence-corrected chi connectivity index (χ4v) is 1.24. The molecule has 0 radical (unpaired) electrons. The van der Waals surface area contributed by atoms with Gasteiger partial charge >= 0.3 is 6.18 Å². The zero-order chi connectivity index (χ0) is 12.3. The Morgan fingerprint density at radius 1 is 1.19 bits per heavy atom. The number of allylic oxidation sites excluding steroid dienone is 3. The van der Waals surface area contributed by atoms with E-state index >= 15 is 0 Å². The van der Waals surface area contributed by atoms with Crippen LogP contribution in [0.5, 0.6) is 0 Å². The molecule has 0 spiro atoms. The number of hydrogen-bond acceptors (Lipinski definition) is 0. The Labute approximate surface area is 93.1 Å². The molecule has 86 valence electrons. The van der Waals surface area contributed by atoms with Gasteiger partial charge in [-0.25, -0.2) is 0 Å². The van der Waals surface area contributed by atoms with Gasteiger partial charge in [0.05, 0.1) is 0 Å². The van der Waals surface area contributed by atoms with Gasteiger partial charge in [-0.1, -0.05) is 36.4 Å². The molecule has 16 heavy (non-hydrogen) atoms. The highest BCUT2D eigenvalue weighted by Crippen LogP contribution is 2.27. The van der Waals surface area contributed by atoms with Crippen LogP contribution in [0, 0.1) is 6.92 Å². The SMILES string of the molecule is C=C(/C=C(\C)c1ccc(C)cc1)C(F)(F)F. The topological polar surface area (TPSA) is 0 Å². The summed E-state index contributed by atoms with van der Waals surface area (Å²) in [6.45, 7) is 6.58. The van der Waals surface area contributed by atoms with Gasteiger partial charge in [-0.05, 0) is 31.1 Å². The minimum atomic E-state index is -4.36. The van der Waals surface area contributed by atoms with Gasteiger partial charge < -0.3 is 0 Å². The Kier molecular flexibility index (Phi) is 3.58. The van der Waals surface area contributed by atoms with Crippen LogP contribution in [0.2, 0.25) is 0 Å². The first-order valence-electron chi connectivity index (χ1n) is 4.82. The van der Waals surface area contributed by atoms with E-state index in [1.807, 2.05) is 19.1 Å². The molecule has 0 aromatic heterocycles. The molecule has 0 bridgehead atoms. The van der Waals surface area contributed by atoms with Crippen LogP contribution in [0.25, 0.3) is 5.57 Å². The second-order valence-corrected chi connectivity index (χ2v) is 3.72. The summed E-state index contributed by atoms with van der Waals surface area (Å²) in [6.07, 6.45) is -3.30. The Morgan fingerprint density at radius 2 is 1.69 bits per heavy atom. The van der Waals surface area contributed by atoms with Crippen molar-refractivity contribution < 1.29 is 13.2 Å². The van der Waals surface area contributed by atoms with Gasteiger partial charge in [0.1, 0.15) is 0 Å². The molecule has 0 aliphatic carbocycles. The van der Waals surface area contributed by atoms with Crippen LogP contribution in [0.4, 0.5) is 13.2 Å². The van der Waals surface area contributed by atoms with Crippen LogP contribution in [-0.4, -0.2) is 6.18 Å². The van der Waals surface area contributed by atoms with Gasteiger partial charge in [0.15, 0.2) is 0 Å². The van der Waals surface area contributed by atoms with E-state index in [0.717, 1.165) is 17.2 Å². The summed E-state index contributed by atoms with van der Waals surface area (Å²) in [5.41, 5.74) is 1.58. The average molecular weight is 226 g/mol. The third kappa shape index (κ3) is 3.26. The molecule has 0 unspecified atom stereocenters. The lowest BCUT2D eigenvalue weighted by molar-refractivity contribution is -0.0877. The zero-order valence-electron chi connectivity index (χ0n) is 9.23. The van der Waals surface area contributed by atoms with Gasteiger partial charge in [-0.15, -0.1) is 0 Å². The van der Waals surface area contributed by atoms with Crippen LogP contribution < -0.4 is 0 Å². The van der Waals surface area contributed by atoms with Gasteiger partial charge in [0.2, 0.25) is 0 Å². The van der Waals surface area contributed by atoms with E-state index in [2.05, 4.69) is 6.58 Å².